The molecule has 0 aliphatic carbocycles. The van der Waals surface area contributed by atoms with Crippen molar-refractivity contribution >= 4 is 26.7 Å². The van der Waals surface area contributed by atoms with E-state index in [9.17, 15) is 8.42 Å². The lowest BCUT2D eigenvalue weighted by atomic mass is 10.1. The van der Waals surface area contributed by atoms with Crippen molar-refractivity contribution in [2.45, 2.75) is 57.6 Å². The lowest BCUT2D eigenvalue weighted by Gasteiger charge is -2.25. The molecule has 0 bridgehead atoms. The largest absolute Gasteiger partial charge is 0.493 e. The number of hydrogen-bond donors (Lipinski definition) is 0. The number of rotatable bonds is 13. The molecule has 1 aromatic heterocycles. The number of pyridine rings is 1. The van der Waals surface area contributed by atoms with Gasteiger partial charge in [-0.15, -0.1) is 0 Å². The molecular formula is C34H40N2O6S. The number of aryl methyl sites for hydroxylation is 1. The van der Waals surface area contributed by atoms with Crippen molar-refractivity contribution < 1.29 is 26.8 Å². The van der Waals surface area contributed by atoms with E-state index in [1.807, 2.05) is 43.3 Å². The number of ether oxygens (including phenoxy) is 3. The van der Waals surface area contributed by atoms with Crippen LogP contribution in [-0.4, -0.2) is 52.6 Å². The van der Waals surface area contributed by atoms with E-state index in [1.165, 1.54) is 11.8 Å². The van der Waals surface area contributed by atoms with Crippen molar-refractivity contribution in [2.24, 2.45) is 0 Å². The zero-order valence-electron chi connectivity index (χ0n) is 25.1. The van der Waals surface area contributed by atoms with Gasteiger partial charge in [0.15, 0.2) is 6.29 Å². The van der Waals surface area contributed by atoms with E-state index in [4.69, 9.17) is 23.4 Å². The molecule has 9 heteroatoms. The summed E-state index contributed by atoms with van der Waals surface area (Å²) in [5, 5.41) is 0.966. The van der Waals surface area contributed by atoms with E-state index in [2.05, 4.69) is 43.0 Å². The first-order valence-electron chi connectivity index (χ1n) is 15.0. The molecule has 1 fully saturated rings. The molecule has 0 spiro atoms. The Bertz CT molecular complexity index is 1610. The van der Waals surface area contributed by atoms with Gasteiger partial charge in [-0.05, 0) is 81.6 Å². The maximum absolute atomic E-state index is 13.0. The van der Waals surface area contributed by atoms with Crippen molar-refractivity contribution in [3.05, 3.63) is 78.4 Å². The highest BCUT2D eigenvalue weighted by Crippen LogP contribution is 2.32. The van der Waals surface area contributed by atoms with Crippen LogP contribution >= 0.6 is 0 Å². The summed E-state index contributed by atoms with van der Waals surface area (Å²) in [4.78, 5) is 7.17. The molecule has 0 saturated carbocycles. The molecule has 1 saturated heterocycles. The second-order valence-electron chi connectivity index (χ2n) is 10.6. The Morgan fingerprint density at radius 1 is 0.953 bits per heavy atom. The zero-order chi connectivity index (χ0) is 30.2. The molecule has 5 rings (SSSR count). The minimum Gasteiger partial charge on any atom is -0.493 e. The molecule has 8 nitrogen and oxygen atoms in total. The van der Waals surface area contributed by atoms with Crippen LogP contribution in [0.5, 0.6) is 11.5 Å². The van der Waals surface area contributed by atoms with Crippen LogP contribution in [0.4, 0.5) is 5.69 Å². The summed E-state index contributed by atoms with van der Waals surface area (Å²) in [6, 6.07) is 23.3. The van der Waals surface area contributed by atoms with Crippen molar-refractivity contribution in [3.63, 3.8) is 0 Å². The quantitative estimate of drug-likeness (QED) is 0.118. The molecule has 1 aliphatic heterocycles. The fourth-order valence-electron chi connectivity index (χ4n) is 5.18. The minimum absolute atomic E-state index is 0.0127. The number of nitrogens with zero attached hydrogens (tertiary/aromatic N) is 2. The first kappa shape index (κ1) is 30.8. The maximum Gasteiger partial charge on any atom is 0.300 e. The lowest BCUT2D eigenvalue weighted by Crippen LogP contribution is -2.26. The predicted molar refractivity (Wildman–Crippen MR) is 169 cm³/mol. The average molecular weight is 605 g/mol. The van der Waals surface area contributed by atoms with Gasteiger partial charge in [0.2, 0.25) is 0 Å². The van der Waals surface area contributed by atoms with Crippen molar-refractivity contribution in [2.75, 3.05) is 37.8 Å². The van der Waals surface area contributed by atoms with Crippen LogP contribution in [0.3, 0.4) is 0 Å². The van der Waals surface area contributed by atoms with Gasteiger partial charge in [-0.25, -0.2) is 4.98 Å². The van der Waals surface area contributed by atoms with E-state index in [1.54, 1.807) is 6.07 Å². The molecule has 0 N–H and O–H groups in total. The smallest absolute Gasteiger partial charge is 0.300 e. The Balaban J connectivity index is 1.15. The first-order valence-corrected chi connectivity index (χ1v) is 16.4. The Morgan fingerprint density at radius 3 is 2.51 bits per heavy atom. The topological polar surface area (TPSA) is 87.2 Å². The molecule has 2 heterocycles. The molecule has 0 radical (unpaired) electrons. The molecule has 228 valence electrons. The van der Waals surface area contributed by atoms with Crippen molar-refractivity contribution in [3.8, 4) is 22.8 Å². The fourth-order valence-corrected chi connectivity index (χ4v) is 6.32. The van der Waals surface area contributed by atoms with Gasteiger partial charge in [0.25, 0.3) is 0 Å². The molecule has 1 atom stereocenters. The Labute approximate surface area is 254 Å². The molecular weight excluding hydrogens is 564 g/mol. The molecule has 1 unspecified atom stereocenters. The zero-order valence-corrected chi connectivity index (χ0v) is 25.9. The average Bonchev–Trinajstić information content (AvgIpc) is 3.03. The second kappa shape index (κ2) is 14.2. The number of anilines is 1. The Hall–Kier alpha value is -3.66. The van der Waals surface area contributed by atoms with Gasteiger partial charge in [0, 0.05) is 42.6 Å². The van der Waals surface area contributed by atoms with Gasteiger partial charge < -0.3 is 19.1 Å². The van der Waals surface area contributed by atoms with E-state index < -0.39 is 16.4 Å². The van der Waals surface area contributed by atoms with Crippen LogP contribution in [0.1, 0.15) is 45.1 Å². The van der Waals surface area contributed by atoms with Gasteiger partial charge >= 0.3 is 10.1 Å². The van der Waals surface area contributed by atoms with Crippen molar-refractivity contribution in [1.29, 1.82) is 0 Å². The standard InChI is InChI=1S/C34H40N2O6S/c1-4-36(5-2)28-16-13-26(14-17-28)30-19-15-27-24-29(18-20-31(27)35-30)39-22-9-23-41-43(37,38)32-11-8-10-25(3)34(32)42-33-12-6-7-21-40-33/h8,10-11,13-20,24,33H,4-7,9,12,21-23H2,1-3H3. The van der Waals surface area contributed by atoms with Crippen molar-refractivity contribution in [1.82, 2.24) is 4.98 Å². The summed E-state index contributed by atoms with van der Waals surface area (Å²) in [5.74, 6) is 0.977. The highest BCUT2D eigenvalue weighted by Gasteiger charge is 2.25. The summed E-state index contributed by atoms with van der Waals surface area (Å²) in [7, 11) is -4.02. The summed E-state index contributed by atoms with van der Waals surface area (Å²) in [6.45, 7) is 8.97. The predicted octanol–water partition coefficient (Wildman–Crippen LogP) is 7.14. The van der Waals surface area contributed by atoms with Gasteiger partial charge in [-0.3, -0.25) is 4.18 Å². The van der Waals surface area contributed by atoms with Gasteiger partial charge in [-0.2, -0.15) is 8.42 Å². The summed E-state index contributed by atoms with van der Waals surface area (Å²) in [5.41, 5.74) is 4.78. The molecule has 3 aromatic carbocycles. The van der Waals surface area contributed by atoms with Gasteiger partial charge in [-0.1, -0.05) is 30.3 Å². The van der Waals surface area contributed by atoms with Gasteiger partial charge in [0.1, 0.15) is 16.4 Å². The minimum atomic E-state index is -4.02. The van der Waals surface area contributed by atoms with Gasteiger partial charge in [0.05, 0.1) is 31.0 Å². The summed E-state index contributed by atoms with van der Waals surface area (Å²) in [6.07, 6.45) is 2.63. The highest BCUT2D eigenvalue weighted by atomic mass is 32.2. The van der Waals surface area contributed by atoms with Crippen LogP contribution in [0, 0.1) is 6.92 Å². The van der Waals surface area contributed by atoms with Crippen LogP contribution < -0.4 is 14.4 Å². The second-order valence-corrected chi connectivity index (χ2v) is 12.1. The third-order valence-corrected chi connectivity index (χ3v) is 8.92. The lowest BCUT2D eigenvalue weighted by molar-refractivity contribution is -0.107. The number of hydrogen-bond acceptors (Lipinski definition) is 8. The van der Waals surface area contributed by atoms with Crippen LogP contribution in [0.25, 0.3) is 22.2 Å². The fraction of sp³-hybridized carbons (Fsp3) is 0.382. The molecule has 0 amide bonds. The van der Waals surface area contributed by atoms with E-state index in [0.29, 0.717) is 30.9 Å². The van der Waals surface area contributed by atoms with E-state index in [-0.39, 0.29) is 17.3 Å². The van der Waals surface area contributed by atoms with Crippen LogP contribution in [-0.2, 0) is 19.0 Å². The molecule has 43 heavy (non-hydrogen) atoms. The van der Waals surface area contributed by atoms with E-state index >= 15 is 0 Å². The van der Waals surface area contributed by atoms with E-state index in [0.717, 1.165) is 54.5 Å². The highest BCUT2D eigenvalue weighted by molar-refractivity contribution is 7.86. The number of aromatic nitrogens is 1. The Morgan fingerprint density at radius 2 is 1.77 bits per heavy atom. The molecule has 4 aromatic rings. The maximum atomic E-state index is 13.0. The van der Waals surface area contributed by atoms with Crippen LogP contribution in [0.15, 0.2) is 77.7 Å². The number of benzene rings is 3. The first-order chi connectivity index (χ1) is 20.9. The SMILES string of the molecule is CCN(CC)c1ccc(-c2ccc3cc(OCCCOS(=O)(=O)c4cccc(C)c4OC4CCCCO4)ccc3n2)cc1. The van der Waals surface area contributed by atoms with Crippen LogP contribution in [0.2, 0.25) is 0 Å². The monoisotopic (exact) mass is 604 g/mol. The third-order valence-electron chi connectivity index (χ3n) is 7.58. The molecule has 1 aliphatic rings. The summed E-state index contributed by atoms with van der Waals surface area (Å²) < 4.78 is 48.9. The number of para-hydroxylation sites is 1. The summed E-state index contributed by atoms with van der Waals surface area (Å²) >= 11 is 0. The Kier molecular flexibility index (Phi) is 10.2. The normalized spacial score (nSPS) is 15.4. The third kappa shape index (κ3) is 7.65. The number of fused-ring (bicyclic) bond motifs is 1.